The van der Waals surface area contributed by atoms with Gasteiger partial charge in [-0.2, -0.15) is 0 Å². The summed E-state index contributed by atoms with van der Waals surface area (Å²) < 4.78 is 8.88. The van der Waals surface area contributed by atoms with Crippen molar-refractivity contribution in [1.82, 2.24) is 4.57 Å². The monoisotopic (exact) mass is 804 g/mol. The first-order chi connectivity index (χ1) is 31.2. The van der Waals surface area contributed by atoms with E-state index < -0.39 is 0 Å². The molecule has 0 unspecified atom stereocenters. The summed E-state index contributed by atoms with van der Waals surface area (Å²) in [6.45, 7) is 0. The third kappa shape index (κ3) is 6.38. The number of anilines is 3. The Labute approximate surface area is 366 Å². The van der Waals surface area contributed by atoms with Gasteiger partial charge in [-0.25, -0.2) is 0 Å². The van der Waals surface area contributed by atoms with Gasteiger partial charge in [0.1, 0.15) is 11.2 Å². The Balaban J connectivity index is 0.932. The maximum Gasteiger partial charge on any atom is 0.143 e. The Bertz CT molecular complexity index is 3570. The molecule has 3 nitrogen and oxygen atoms in total. The third-order valence-electron chi connectivity index (χ3n) is 12.4. The van der Waals surface area contributed by atoms with Crippen LogP contribution in [0.1, 0.15) is 0 Å². The number of fused-ring (bicyclic) bond motifs is 6. The molecule has 0 saturated heterocycles. The molecule has 0 bridgehead atoms. The van der Waals surface area contributed by atoms with Crippen LogP contribution >= 0.6 is 0 Å². The van der Waals surface area contributed by atoms with Gasteiger partial charge >= 0.3 is 0 Å². The van der Waals surface area contributed by atoms with Crippen molar-refractivity contribution in [3.05, 3.63) is 243 Å². The van der Waals surface area contributed by atoms with E-state index >= 15 is 0 Å². The van der Waals surface area contributed by atoms with E-state index in [4.69, 9.17) is 4.42 Å². The normalized spacial score (nSPS) is 11.5. The molecule has 12 rings (SSSR count). The van der Waals surface area contributed by atoms with Gasteiger partial charge in [0.15, 0.2) is 0 Å². The van der Waals surface area contributed by atoms with Gasteiger partial charge < -0.3 is 13.9 Å². The fourth-order valence-electron chi connectivity index (χ4n) is 9.41. The van der Waals surface area contributed by atoms with Gasteiger partial charge in [-0.05, 0) is 112 Å². The molecule has 0 radical (unpaired) electrons. The summed E-state index contributed by atoms with van der Waals surface area (Å²) in [6.07, 6.45) is 0. The Morgan fingerprint density at radius 1 is 0.317 bits per heavy atom. The highest BCUT2D eigenvalue weighted by atomic mass is 16.3. The quantitative estimate of drug-likeness (QED) is 0.153. The minimum atomic E-state index is 0.889. The van der Waals surface area contributed by atoms with Crippen molar-refractivity contribution in [2.75, 3.05) is 4.90 Å². The van der Waals surface area contributed by atoms with Gasteiger partial charge in [0.05, 0.1) is 11.0 Å². The second-order valence-electron chi connectivity index (χ2n) is 16.1. The zero-order chi connectivity index (χ0) is 41.7. The molecule has 0 aliphatic rings. The third-order valence-corrected chi connectivity index (χ3v) is 12.4. The molecule has 3 heteroatoms. The minimum Gasteiger partial charge on any atom is -0.455 e. The maximum absolute atomic E-state index is 6.50. The van der Waals surface area contributed by atoms with Gasteiger partial charge in [0, 0.05) is 49.9 Å². The highest BCUT2D eigenvalue weighted by molar-refractivity contribution is 6.16. The second-order valence-corrected chi connectivity index (χ2v) is 16.1. The van der Waals surface area contributed by atoms with Crippen LogP contribution in [-0.4, -0.2) is 4.57 Å². The van der Waals surface area contributed by atoms with E-state index in [1.807, 2.05) is 6.07 Å². The van der Waals surface area contributed by atoms with Crippen molar-refractivity contribution in [1.29, 1.82) is 0 Å². The zero-order valence-electron chi connectivity index (χ0n) is 34.4. The standard InChI is InChI=1S/C60H40N2O/c1-4-14-41(15-5-1)42-26-33-48(34-27-42)61(49-35-28-43(29-36-49)46-32-39-58-55(40-46)53-23-12-22-52(60(53)63-58)44-16-6-2-7-17-44)50-37-30-45(31-38-50)51-21-13-25-57-59(51)54-20-10-11-24-56(54)62(57)47-18-8-3-9-19-47/h1-40H. The lowest BCUT2D eigenvalue weighted by Crippen LogP contribution is -2.09. The fourth-order valence-corrected chi connectivity index (χ4v) is 9.41. The van der Waals surface area contributed by atoms with Gasteiger partial charge in [-0.15, -0.1) is 0 Å². The van der Waals surface area contributed by atoms with E-state index in [9.17, 15) is 0 Å². The van der Waals surface area contributed by atoms with Crippen molar-refractivity contribution < 1.29 is 4.42 Å². The highest BCUT2D eigenvalue weighted by Gasteiger charge is 2.19. The first-order valence-electron chi connectivity index (χ1n) is 21.5. The van der Waals surface area contributed by atoms with E-state index in [0.29, 0.717) is 0 Å². The number of aromatic nitrogens is 1. The predicted octanol–water partition coefficient (Wildman–Crippen LogP) is 16.8. The second kappa shape index (κ2) is 15.3. The summed E-state index contributed by atoms with van der Waals surface area (Å²) >= 11 is 0. The molecular weight excluding hydrogens is 765 g/mol. The van der Waals surface area contributed by atoms with Gasteiger partial charge in [-0.3, -0.25) is 0 Å². The van der Waals surface area contributed by atoms with E-state index in [1.54, 1.807) is 0 Å². The van der Waals surface area contributed by atoms with E-state index in [0.717, 1.165) is 66.9 Å². The Hall–Kier alpha value is -8.40. The smallest absolute Gasteiger partial charge is 0.143 e. The molecule has 0 fully saturated rings. The lowest BCUT2D eigenvalue weighted by molar-refractivity contribution is 0.670. The van der Waals surface area contributed by atoms with Crippen LogP contribution in [0, 0.1) is 0 Å². The SMILES string of the molecule is c1ccc(-c2ccc(N(c3ccc(-c4ccc5oc6c(-c7ccccc7)cccc6c5c4)cc3)c3ccc(-c4cccc5c4c4ccccc4n5-c4ccccc4)cc3)cc2)cc1. The molecule has 0 aliphatic carbocycles. The molecule has 0 amide bonds. The Morgan fingerprint density at radius 3 is 1.48 bits per heavy atom. The molecule has 0 aliphatic heterocycles. The van der Waals surface area contributed by atoms with Crippen molar-refractivity contribution in [2.45, 2.75) is 0 Å². The fraction of sp³-hybridized carbons (Fsp3) is 0. The number of hydrogen-bond acceptors (Lipinski definition) is 2. The summed E-state index contributed by atoms with van der Waals surface area (Å²) in [5.74, 6) is 0. The molecule has 0 N–H and O–H groups in total. The van der Waals surface area contributed by atoms with Crippen LogP contribution in [0.5, 0.6) is 0 Å². The van der Waals surface area contributed by atoms with Crippen LogP contribution in [0.25, 0.3) is 93.9 Å². The molecule has 0 spiro atoms. The predicted molar refractivity (Wildman–Crippen MR) is 264 cm³/mol. The molecule has 12 aromatic rings. The van der Waals surface area contributed by atoms with E-state index in [1.165, 1.54) is 44.1 Å². The zero-order valence-corrected chi connectivity index (χ0v) is 34.4. The van der Waals surface area contributed by atoms with Crippen molar-refractivity contribution >= 4 is 60.8 Å². The molecular formula is C60H40N2O. The molecule has 0 atom stereocenters. The van der Waals surface area contributed by atoms with E-state index in [-0.39, 0.29) is 0 Å². The van der Waals surface area contributed by atoms with Crippen LogP contribution in [0.15, 0.2) is 247 Å². The van der Waals surface area contributed by atoms with E-state index in [2.05, 4.69) is 246 Å². The van der Waals surface area contributed by atoms with Crippen LogP contribution in [0.4, 0.5) is 17.1 Å². The van der Waals surface area contributed by atoms with Crippen LogP contribution in [0.2, 0.25) is 0 Å². The van der Waals surface area contributed by atoms with Gasteiger partial charge in [0.25, 0.3) is 0 Å². The Morgan fingerprint density at radius 2 is 0.794 bits per heavy atom. The summed E-state index contributed by atoms with van der Waals surface area (Å²) in [5.41, 5.74) is 17.9. The lowest BCUT2D eigenvalue weighted by atomic mass is 9.98. The molecule has 296 valence electrons. The van der Waals surface area contributed by atoms with Crippen LogP contribution in [-0.2, 0) is 0 Å². The highest BCUT2D eigenvalue weighted by Crippen LogP contribution is 2.42. The number of nitrogens with zero attached hydrogens (tertiary/aromatic N) is 2. The molecule has 2 aromatic heterocycles. The molecule has 2 heterocycles. The van der Waals surface area contributed by atoms with Crippen LogP contribution in [0.3, 0.4) is 0 Å². The van der Waals surface area contributed by atoms with Crippen LogP contribution < -0.4 is 4.90 Å². The average molecular weight is 805 g/mol. The molecule has 63 heavy (non-hydrogen) atoms. The first-order valence-corrected chi connectivity index (χ1v) is 21.5. The summed E-state index contributed by atoms with van der Waals surface area (Å²) in [6, 6.07) is 86.9. The molecule has 10 aromatic carbocycles. The first kappa shape index (κ1) is 36.5. The van der Waals surface area contributed by atoms with Crippen molar-refractivity contribution in [3.8, 4) is 50.2 Å². The van der Waals surface area contributed by atoms with Gasteiger partial charge in [-0.1, -0.05) is 170 Å². The molecule has 0 saturated carbocycles. The summed E-state index contributed by atoms with van der Waals surface area (Å²) in [7, 11) is 0. The van der Waals surface area contributed by atoms with Crippen molar-refractivity contribution in [2.24, 2.45) is 0 Å². The maximum atomic E-state index is 6.50. The topological polar surface area (TPSA) is 21.3 Å². The van der Waals surface area contributed by atoms with Crippen molar-refractivity contribution in [3.63, 3.8) is 0 Å². The Kier molecular flexibility index (Phi) is 8.83. The number of benzene rings is 10. The lowest BCUT2D eigenvalue weighted by Gasteiger charge is -2.26. The summed E-state index contributed by atoms with van der Waals surface area (Å²) in [4.78, 5) is 2.35. The number of furan rings is 1. The number of hydrogen-bond donors (Lipinski definition) is 0. The summed E-state index contributed by atoms with van der Waals surface area (Å²) in [5, 5.41) is 4.74. The number of para-hydroxylation sites is 3. The van der Waals surface area contributed by atoms with Gasteiger partial charge in [0.2, 0.25) is 0 Å². The number of rotatable bonds is 8. The minimum absolute atomic E-state index is 0.889. The average Bonchev–Trinajstić information content (AvgIpc) is 3.91. The largest absolute Gasteiger partial charge is 0.455 e.